The highest BCUT2D eigenvalue weighted by Gasteiger charge is 2.26. The smallest absolute Gasteiger partial charge is 0.326 e. The molecule has 0 saturated heterocycles. The minimum atomic E-state index is -0.989. The van der Waals surface area contributed by atoms with Gasteiger partial charge in [0.1, 0.15) is 6.04 Å². The number of rotatable bonds is 4. The topological polar surface area (TPSA) is 78.4 Å². The number of aliphatic carboxylic acids is 1. The molecule has 1 fully saturated rings. The van der Waals surface area contributed by atoms with Crippen LogP contribution in [0.5, 0.6) is 0 Å². The predicted molar refractivity (Wildman–Crippen MR) is 69.3 cm³/mol. The molecule has 0 spiro atoms. The van der Waals surface area contributed by atoms with Crippen LogP contribution in [0.15, 0.2) is 0 Å². The lowest BCUT2D eigenvalue weighted by Gasteiger charge is -2.30. The molecule has 5 nitrogen and oxygen atoms in total. The summed E-state index contributed by atoms with van der Waals surface area (Å²) in [4.78, 5) is 22.8. The second kappa shape index (κ2) is 6.61. The third-order valence-corrected chi connectivity index (χ3v) is 3.65. The van der Waals surface area contributed by atoms with Crippen LogP contribution in [0.3, 0.4) is 0 Å². The van der Waals surface area contributed by atoms with Gasteiger partial charge in [0.15, 0.2) is 0 Å². The molecule has 0 bridgehead atoms. The van der Waals surface area contributed by atoms with Crippen molar-refractivity contribution >= 4 is 12.0 Å². The first-order valence-corrected chi connectivity index (χ1v) is 6.71. The number of nitrogens with one attached hydrogen (secondary N) is 2. The first-order valence-electron chi connectivity index (χ1n) is 6.71. The van der Waals surface area contributed by atoms with Gasteiger partial charge < -0.3 is 15.7 Å². The van der Waals surface area contributed by atoms with Gasteiger partial charge in [0.05, 0.1) is 0 Å². The molecule has 3 atom stereocenters. The summed E-state index contributed by atoms with van der Waals surface area (Å²) >= 11 is 0. The first kappa shape index (κ1) is 14.8. The van der Waals surface area contributed by atoms with Gasteiger partial charge in [-0.1, -0.05) is 33.6 Å². The predicted octanol–water partition coefficient (Wildman–Crippen LogP) is 1.97. The van der Waals surface area contributed by atoms with E-state index in [2.05, 4.69) is 17.6 Å². The van der Waals surface area contributed by atoms with Gasteiger partial charge in [0, 0.05) is 6.04 Å². The Morgan fingerprint density at radius 2 is 1.83 bits per heavy atom. The number of carboxylic acid groups (broad SMARTS) is 1. The summed E-state index contributed by atoms with van der Waals surface area (Å²) in [6, 6.07) is -1.03. The molecule has 1 rings (SSSR count). The Morgan fingerprint density at radius 1 is 1.22 bits per heavy atom. The Morgan fingerprint density at radius 3 is 2.33 bits per heavy atom. The molecule has 3 N–H and O–H groups in total. The van der Waals surface area contributed by atoms with Gasteiger partial charge in [-0.25, -0.2) is 9.59 Å². The van der Waals surface area contributed by atoms with Crippen LogP contribution in [0.4, 0.5) is 4.79 Å². The van der Waals surface area contributed by atoms with Gasteiger partial charge in [0.25, 0.3) is 0 Å². The normalized spacial score (nSPS) is 25.6. The largest absolute Gasteiger partial charge is 0.480 e. The quantitative estimate of drug-likeness (QED) is 0.719. The molecular formula is C13H24N2O3. The molecule has 1 saturated carbocycles. The van der Waals surface area contributed by atoms with E-state index in [0.29, 0.717) is 5.92 Å². The molecule has 0 aromatic carbocycles. The highest BCUT2D eigenvalue weighted by molar-refractivity contribution is 5.82. The molecule has 1 aliphatic rings. The zero-order valence-electron chi connectivity index (χ0n) is 11.4. The lowest BCUT2D eigenvalue weighted by Crippen LogP contribution is -2.52. The van der Waals surface area contributed by atoms with Crippen LogP contribution in [-0.2, 0) is 4.79 Å². The van der Waals surface area contributed by atoms with E-state index in [-0.39, 0.29) is 18.0 Å². The summed E-state index contributed by atoms with van der Waals surface area (Å²) in [6.45, 7) is 5.69. The van der Waals surface area contributed by atoms with E-state index < -0.39 is 12.0 Å². The van der Waals surface area contributed by atoms with Crippen molar-refractivity contribution in [3.05, 3.63) is 0 Å². The van der Waals surface area contributed by atoms with Crippen molar-refractivity contribution in [1.29, 1.82) is 0 Å². The Hall–Kier alpha value is -1.26. The fraction of sp³-hybridized carbons (Fsp3) is 0.846. The zero-order valence-corrected chi connectivity index (χ0v) is 11.4. The van der Waals surface area contributed by atoms with E-state index in [1.165, 1.54) is 6.42 Å². The number of carboxylic acids is 1. The maximum absolute atomic E-state index is 11.8. The Balaban J connectivity index is 2.47. The van der Waals surface area contributed by atoms with Crippen LogP contribution >= 0.6 is 0 Å². The molecule has 104 valence electrons. The summed E-state index contributed by atoms with van der Waals surface area (Å²) in [7, 11) is 0. The molecular weight excluding hydrogens is 232 g/mol. The van der Waals surface area contributed by atoms with E-state index in [1.807, 2.05) is 0 Å². The van der Waals surface area contributed by atoms with Crippen LogP contribution in [-0.4, -0.2) is 29.2 Å². The SMILES string of the molecule is CC1CCCCC1NC(=O)N[C@@H](C(=O)O)C(C)C. The average Bonchev–Trinajstić information content (AvgIpc) is 2.28. The maximum atomic E-state index is 11.8. The number of carbonyl (C=O) groups is 2. The summed E-state index contributed by atoms with van der Waals surface area (Å²) < 4.78 is 0. The van der Waals surface area contributed by atoms with E-state index in [4.69, 9.17) is 5.11 Å². The van der Waals surface area contributed by atoms with Crippen molar-refractivity contribution in [2.45, 2.75) is 58.5 Å². The van der Waals surface area contributed by atoms with Crippen LogP contribution in [0, 0.1) is 11.8 Å². The molecule has 2 amide bonds. The number of hydrogen-bond donors (Lipinski definition) is 3. The minimum absolute atomic E-state index is 0.128. The molecule has 0 aromatic rings. The minimum Gasteiger partial charge on any atom is -0.480 e. The van der Waals surface area contributed by atoms with Crippen molar-refractivity contribution in [1.82, 2.24) is 10.6 Å². The number of hydrogen-bond acceptors (Lipinski definition) is 2. The molecule has 18 heavy (non-hydrogen) atoms. The average molecular weight is 256 g/mol. The highest BCUT2D eigenvalue weighted by Crippen LogP contribution is 2.23. The van der Waals surface area contributed by atoms with E-state index in [0.717, 1.165) is 19.3 Å². The number of urea groups is 1. The van der Waals surface area contributed by atoms with Crippen molar-refractivity contribution in [2.24, 2.45) is 11.8 Å². The third-order valence-electron chi connectivity index (χ3n) is 3.65. The van der Waals surface area contributed by atoms with Gasteiger partial charge in [-0.2, -0.15) is 0 Å². The number of carbonyl (C=O) groups excluding carboxylic acids is 1. The molecule has 1 aliphatic carbocycles. The van der Waals surface area contributed by atoms with Gasteiger partial charge in [-0.05, 0) is 24.7 Å². The standard InChI is InChI=1S/C13H24N2O3/c1-8(2)11(12(16)17)15-13(18)14-10-7-5-4-6-9(10)3/h8-11H,4-7H2,1-3H3,(H,16,17)(H2,14,15,18)/t9?,10?,11-/m1/s1. The summed E-state index contributed by atoms with van der Waals surface area (Å²) in [6.07, 6.45) is 4.44. The first-order chi connectivity index (χ1) is 8.41. The summed E-state index contributed by atoms with van der Waals surface area (Å²) in [5.41, 5.74) is 0. The van der Waals surface area contributed by atoms with E-state index >= 15 is 0 Å². The van der Waals surface area contributed by atoms with Gasteiger partial charge in [-0.3, -0.25) is 0 Å². The van der Waals surface area contributed by atoms with Crippen LogP contribution < -0.4 is 10.6 Å². The molecule has 0 aliphatic heterocycles. The van der Waals surface area contributed by atoms with Crippen molar-refractivity contribution in [2.75, 3.05) is 0 Å². The van der Waals surface area contributed by atoms with E-state index in [9.17, 15) is 9.59 Å². The molecule has 0 aromatic heterocycles. The summed E-state index contributed by atoms with van der Waals surface area (Å²) in [5, 5.41) is 14.4. The van der Waals surface area contributed by atoms with Crippen LogP contribution in [0.1, 0.15) is 46.5 Å². The molecule has 2 unspecified atom stereocenters. The lowest BCUT2D eigenvalue weighted by molar-refractivity contribution is -0.140. The molecule has 0 heterocycles. The highest BCUT2D eigenvalue weighted by atomic mass is 16.4. The zero-order chi connectivity index (χ0) is 13.7. The third kappa shape index (κ3) is 4.20. The van der Waals surface area contributed by atoms with Gasteiger partial charge in [0.2, 0.25) is 0 Å². The van der Waals surface area contributed by atoms with Gasteiger partial charge >= 0.3 is 12.0 Å². The second-order valence-electron chi connectivity index (χ2n) is 5.55. The van der Waals surface area contributed by atoms with Crippen molar-refractivity contribution in [3.8, 4) is 0 Å². The molecule has 0 radical (unpaired) electrons. The van der Waals surface area contributed by atoms with Crippen LogP contribution in [0.25, 0.3) is 0 Å². The fourth-order valence-corrected chi connectivity index (χ4v) is 2.40. The fourth-order valence-electron chi connectivity index (χ4n) is 2.40. The number of amides is 2. The van der Waals surface area contributed by atoms with E-state index in [1.54, 1.807) is 13.8 Å². The molecule has 5 heteroatoms. The lowest BCUT2D eigenvalue weighted by atomic mass is 9.86. The second-order valence-corrected chi connectivity index (χ2v) is 5.55. The van der Waals surface area contributed by atoms with Crippen molar-refractivity contribution in [3.63, 3.8) is 0 Å². The van der Waals surface area contributed by atoms with Crippen LogP contribution in [0.2, 0.25) is 0 Å². The Bertz CT molecular complexity index is 305. The maximum Gasteiger partial charge on any atom is 0.326 e. The Kier molecular flexibility index (Phi) is 5.44. The monoisotopic (exact) mass is 256 g/mol. The van der Waals surface area contributed by atoms with Gasteiger partial charge in [-0.15, -0.1) is 0 Å². The van der Waals surface area contributed by atoms with Crippen molar-refractivity contribution < 1.29 is 14.7 Å². The summed E-state index contributed by atoms with van der Waals surface area (Å²) in [5.74, 6) is -0.652. The Labute approximate surface area is 108 Å².